The second-order valence-corrected chi connectivity index (χ2v) is 10.2. The molecular formula is C27H38O3. The van der Waals surface area contributed by atoms with Gasteiger partial charge in [-0.25, -0.2) is 0 Å². The third-order valence-corrected chi connectivity index (χ3v) is 7.15. The van der Waals surface area contributed by atoms with Crippen molar-refractivity contribution >= 4 is 0 Å². The van der Waals surface area contributed by atoms with Gasteiger partial charge in [0.15, 0.2) is 0 Å². The number of aliphatic hydroxyl groups excluding tert-OH is 2. The monoisotopic (exact) mass is 410 g/mol. The summed E-state index contributed by atoms with van der Waals surface area (Å²) in [5, 5.41) is 30.0. The fraction of sp³-hybridized carbons (Fsp3) is 0.593. The van der Waals surface area contributed by atoms with Gasteiger partial charge in [0.2, 0.25) is 0 Å². The summed E-state index contributed by atoms with van der Waals surface area (Å²) in [6, 6.07) is 0. The van der Waals surface area contributed by atoms with E-state index >= 15 is 0 Å². The summed E-state index contributed by atoms with van der Waals surface area (Å²) in [5.74, 6) is 0.790. The van der Waals surface area contributed by atoms with Gasteiger partial charge in [0, 0.05) is 12.3 Å². The zero-order valence-corrected chi connectivity index (χ0v) is 19.0. The molecule has 5 atom stereocenters. The van der Waals surface area contributed by atoms with Crippen LogP contribution in [0, 0.1) is 17.3 Å². The molecule has 3 rings (SSSR count). The molecule has 3 aliphatic rings. The first-order valence-electron chi connectivity index (χ1n) is 11.3. The summed E-state index contributed by atoms with van der Waals surface area (Å²) in [5.41, 5.74) is 7.16. The lowest BCUT2D eigenvalue weighted by molar-refractivity contribution is 0.0862. The first kappa shape index (κ1) is 23.0. The fourth-order valence-electron chi connectivity index (χ4n) is 5.51. The Bertz CT molecular complexity index is 829. The number of rotatable bonds is 4. The molecule has 30 heavy (non-hydrogen) atoms. The zero-order chi connectivity index (χ0) is 22.1. The van der Waals surface area contributed by atoms with Gasteiger partial charge < -0.3 is 15.3 Å². The molecule has 0 bridgehead atoms. The summed E-state index contributed by atoms with van der Waals surface area (Å²) < 4.78 is 0. The molecule has 0 unspecified atom stereocenters. The first-order valence-corrected chi connectivity index (χ1v) is 11.3. The predicted molar refractivity (Wildman–Crippen MR) is 123 cm³/mol. The van der Waals surface area contributed by atoms with Crippen molar-refractivity contribution < 1.29 is 15.3 Å². The maximum absolute atomic E-state index is 10.1. The van der Waals surface area contributed by atoms with Gasteiger partial charge in [0.1, 0.15) is 0 Å². The number of hydrogen-bond donors (Lipinski definition) is 3. The van der Waals surface area contributed by atoms with Crippen LogP contribution in [0.5, 0.6) is 0 Å². The Morgan fingerprint density at radius 3 is 2.73 bits per heavy atom. The second kappa shape index (κ2) is 8.85. The molecule has 0 aliphatic heterocycles. The molecule has 0 aromatic rings. The first-order chi connectivity index (χ1) is 14.0. The molecule has 0 heterocycles. The lowest BCUT2D eigenvalue weighted by Gasteiger charge is -2.42. The Kier molecular flexibility index (Phi) is 6.79. The predicted octanol–water partition coefficient (Wildman–Crippen LogP) is 5.17. The van der Waals surface area contributed by atoms with Crippen LogP contribution in [0.15, 0.2) is 65.0 Å². The molecule has 3 N–H and O–H groups in total. The van der Waals surface area contributed by atoms with Crippen LogP contribution < -0.4 is 0 Å². The SMILES string of the molecule is C=C1/C(=C\C=C2/CCC[C@]3(C)C([C@H](C)C=C=CC(C)(C)O)=CC[C@@H]23)C[C@@H](O)C[C@@H]1O. The van der Waals surface area contributed by atoms with E-state index in [-0.39, 0.29) is 5.41 Å². The molecule has 0 spiro atoms. The molecule has 3 heteroatoms. The maximum Gasteiger partial charge on any atom is 0.0844 e. The maximum atomic E-state index is 10.1. The minimum atomic E-state index is -0.842. The minimum Gasteiger partial charge on any atom is -0.393 e. The Balaban J connectivity index is 1.80. The van der Waals surface area contributed by atoms with Crippen LogP contribution in [-0.4, -0.2) is 33.1 Å². The van der Waals surface area contributed by atoms with E-state index in [1.54, 1.807) is 19.9 Å². The van der Waals surface area contributed by atoms with Gasteiger partial charge in [0.25, 0.3) is 0 Å². The Morgan fingerprint density at radius 1 is 1.30 bits per heavy atom. The van der Waals surface area contributed by atoms with Gasteiger partial charge in [-0.3, -0.25) is 0 Å². The molecule has 2 fully saturated rings. The van der Waals surface area contributed by atoms with E-state index in [0.717, 1.165) is 24.0 Å². The molecule has 0 saturated heterocycles. The quantitative estimate of drug-likeness (QED) is 0.443. The second-order valence-electron chi connectivity index (χ2n) is 10.2. The van der Waals surface area contributed by atoms with E-state index in [4.69, 9.17) is 0 Å². The van der Waals surface area contributed by atoms with Crippen LogP contribution in [0.4, 0.5) is 0 Å². The lowest BCUT2D eigenvalue weighted by atomic mass is 9.62. The van der Waals surface area contributed by atoms with E-state index in [1.807, 2.05) is 0 Å². The van der Waals surface area contributed by atoms with Crippen molar-refractivity contribution in [1.82, 2.24) is 0 Å². The number of hydrogen-bond acceptors (Lipinski definition) is 3. The summed E-state index contributed by atoms with van der Waals surface area (Å²) in [6.07, 6.45) is 14.9. The smallest absolute Gasteiger partial charge is 0.0844 e. The lowest BCUT2D eigenvalue weighted by Crippen LogP contribution is -2.32. The molecule has 3 aliphatic carbocycles. The topological polar surface area (TPSA) is 60.7 Å². The van der Waals surface area contributed by atoms with Crippen LogP contribution in [-0.2, 0) is 0 Å². The Hall–Kier alpha value is -1.64. The van der Waals surface area contributed by atoms with Crippen LogP contribution in [0.25, 0.3) is 0 Å². The number of allylic oxidation sites excluding steroid dienone is 5. The molecule has 0 aromatic carbocycles. The summed E-state index contributed by atoms with van der Waals surface area (Å²) in [6.45, 7) is 12.2. The molecule has 0 aromatic heterocycles. The Labute approximate surface area is 181 Å². The van der Waals surface area contributed by atoms with E-state index in [9.17, 15) is 15.3 Å². The summed E-state index contributed by atoms with van der Waals surface area (Å²) >= 11 is 0. The summed E-state index contributed by atoms with van der Waals surface area (Å²) in [7, 11) is 0. The average molecular weight is 411 g/mol. The average Bonchev–Trinajstić information content (AvgIpc) is 3.00. The normalized spacial score (nSPS) is 35.6. The van der Waals surface area contributed by atoms with Crippen LogP contribution in [0.2, 0.25) is 0 Å². The third kappa shape index (κ3) is 4.98. The van der Waals surface area contributed by atoms with Crippen LogP contribution in [0.1, 0.15) is 66.2 Å². The molecule has 2 saturated carbocycles. The van der Waals surface area contributed by atoms with Gasteiger partial charge in [0.05, 0.1) is 17.8 Å². The van der Waals surface area contributed by atoms with Crippen molar-refractivity contribution in [2.75, 3.05) is 0 Å². The minimum absolute atomic E-state index is 0.150. The van der Waals surface area contributed by atoms with E-state index in [0.29, 0.717) is 24.7 Å². The van der Waals surface area contributed by atoms with Crippen LogP contribution in [0.3, 0.4) is 0 Å². The Morgan fingerprint density at radius 2 is 2.03 bits per heavy atom. The van der Waals surface area contributed by atoms with E-state index < -0.39 is 17.8 Å². The number of fused-ring (bicyclic) bond motifs is 1. The molecule has 0 amide bonds. The van der Waals surface area contributed by atoms with Crippen molar-refractivity contribution in [3.05, 3.63) is 65.0 Å². The molecule has 3 nitrogen and oxygen atoms in total. The highest BCUT2D eigenvalue weighted by molar-refractivity contribution is 5.40. The highest BCUT2D eigenvalue weighted by atomic mass is 16.3. The number of aliphatic hydroxyl groups is 3. The van der Waals surface area contributed by atoms with Gasteiger partial charge in [-0.1, -0.05) is 49.8 Å². The molecule has 0 radical (unpaired) electrons. The highest BCUT2D eigenvalue weighted by Crippen LogP contribution is 2.56. The van der Waals surface area contributed by atoms with E-state index in [1.165, 1.54) is 24.0 Å². The van der Waals surface area contributed by atoms with E-state index in [2.05, 4.69) is 50.5 Å². The van der Waals surface area contributed by atoms with Crippen LogP contribution >= 0.6 is 0 Å². The summed E-state index contributed by atoms with van der Waals surface area (Å²) in [4.78, 5) is 0. The van der Waals surface area contributed by atoms with Gasteiger partial charge in [-0.05, 0) is 80.6 Å². The highest BCUT2D eigenvalue weighted by Gasteiger charge is 2.45. The molecular weight excluding hydrogens is 372 g/mol. The van der Waals surface area contributed by atoms with Crippen molar-refractivity contribution in [1.29, 1.82) is 0 Å². The van der Waals surface area contributed by atoms with Crippen molar-refractivity contribution in [2.24, 2.45) is 17.3 Å². The van der Waals surface area contributed by atoms with Gasteiger partial charge >= 0.3 is 0 Å². The van der Waals surface area contributed by atoms with Gasteiger partial charge in [-0.15, -0.1) is 5.73 Å². The van der Waals surface area contributed by atoms with Crippen molar-refractivity contribution in [3.8, 4) is 0 Å². The third-order valence-electron chi connectivity index (χ3n) is 7.15. The van der Waals surface area contributed by atoms with Crippen molar-refractivity contribution in [3.63, 3.8) is 0 Å². The fourth-order valence-corrected chi connectivity index (χ4v) is 5.51. The van der Waals surface area contributed by atoms with Gasteiger partial charge in [-0.2, -0.15) is 0 Å². The standard InChI is InChI=1S/C27H38O3/c1-18(8-6-14-26(3,4)30)23-12-13-24-20(9-7-15-27(23,24)5)10-11-21-16-22(28)17-25(29)19(21)2/h8,10-12,14,18,22,24-25,28-30H,2,7,9,13,15-17H2,1,3-5H3/b20-10+,21-11-/t6?,18-,22-,24+,25+,27-/m1/s1. The molecule has 164 valence electrons. The largest absolute Gasteiger partial charge is 0.393 e. The van der Waals surface area contributed by atoms with Crippen molar-refractivity contribution in [2.45, 2.75) is 84.0 Å². The zero-order valence-electron chi connectivity index (χ0n) is 19.0.